The highest BCUT2D eigenvalue weighted by Crippen LogP contribution is 2.35. The lowest BCUT2D eigenvalue weighted by Gasteiger charge is -2.31. The number of rotatable bonds is 2. The van der Waals surface area contributed by atoms with Crippen LogP contribution in [0.4, 0.5) is 0 Å². The molecule has 0 unspecified atom stereocenters. The molecule has 12 heavy (non-hydrogen) atoms. The Morgan fingerprint density at radius 1 is 1.17 bits per heavy atom. The molecule has 0 radical (unpaired) electrons. The van der Waals surface area contributed by atoms with Crippen LogP contribution in [0.15, 0.2) is 0 Å². The number of nitrogens with zero attached hydrogens (tertiary/aromatic N) is 1. The van der Waals surface area contributed by atoms with Gasteiger partial charge in [0.1, 0.15) is 0 Å². The van der Waals surface area contributed by atoms with Crippen LogP contribution in [-0.4, -0.2) is 35.7 Å². The van der Waals surface area contributed by atoms with Crippen molar-refractivity contribution in [1.29, 1.82) is 0 Å². The number of hydrogen-bond acceptors (Lipinski definition) is 2. The van der Waals surface area contributed by atoms with Crippen LogP contribution >= 0.6 is 0 Å². The van der Waals surface area contributed by atoms with Crippen molar-refractivity contribution in [3.63, 3.8) is 0 Å². The molecule has 2 atom stereocenters. The number of aliphatic hydroxyl groups excluding tert-OH is 1. The molecule has 0 spiro atoms. The average Bonchev–Trinajstić information content (AvgIpc) is 2.50. The molecule has 1 aliphatic carbocycles. The van der Waals surface area contributed by atoms with Crippen molar-refractivity contribution >= 4 is 0 Å². The number of likely N-dealkylation sites (tertiary alicyclic amines) is 1. The molecule has 2 nitrogen and oxygen atoms in total. The van der Waals surface area contributed by atoms with Gasteiger partial charge in [-0.25, -0.2) is 0 Å². The molecule has 0 aromatic carbocycles. The van der Waals surface area contributed by atoms with E-state index in [0.717, 1.165) is 18.5 Å². The minimum absolute atomic E-state index is 0.337. The fraction of sp³-hybridized carbons (Fsp3) is 1.00. The third kappa shape index (κ3) is 1.50. The van der Waals surface area contributed by atoms with Crippen molar-refractivity contribution in [2.24, 2.45) is 5.92 Å². The van der Waals surface area contributed by atoms with Crippen molar-refractivity contribution in [1.82, 2.24) is 4.90 Å². The zero-order chi connectivity index (χ0) is 8.39. The van der Waals surface area contributed by atoms with Crippen molar-refractivity contribution in [2.45, 2.75) is 38.1 Å². The monoisotopic (exact) mass is 169 g/mol. The molecule has 1 saturated carbocycles. The molecule has 0 aromatic rings. The Bertz CT molecular complexity index is 149. The van der Waals surface area contributed by atoms with Crippen molar-refractivity contribution in [3.05, 3.63) is 0 Å². The molecule has 70 valence electrons. The molecule has 1 aliphatic heterocycles. The Labute approximate surface area is 74.6 Å². The molecule has 2 fully saturated rings. The Hall–Kier alpha value is -0.0800. The summed E-state index contributed by atoms with van der Waals surface area (Å²) in [4.78, 5) is 2.49. The predicted molar refractivity (Wildman–Crippen MR) is 49.0 cm³/mol. The van der Waals surface area contributed by atoms with Gasteiger partial charge in [-0.2, -0.15) is 0 Å². The lowest BCUT2D eigenvalue weighted by atomic mass is 9.85. The van der Waals surface area contributed by atoms with Crippen LogP contribution in [-0.2, 0) is 0 Å². The maximum absolute atomic E-state index is 8.88. The maximum Gasteiger partial charge on any atom is 0.0558 e. The minimum atomic E-state index is 0.337. The van der Waals surface area contributed by atoms with Gasteiger partial charge in [0.15, 0.2) is 0 Å². The number of hydrogen-bond donors (Lipinski definition) is 1. The Morgan fingerprint density at radius 2 is 2.00 bits per heavy atom. The maximum atomic E-state index is 8.88. The zero-order valence-electron chi connectivity index (χ0n) is 7.71. The number of fused-ring (bicyclic) bond motifs is 1. The highest BCUT2D eigenvalue weighted by molar-refractivity contribution is 4.89. The van der Waals surface area contributed by atoms with E-state index in [2.05, 4.69) is 4.90 Å². The predicted octanol–water partition coefficient (Wildman–Crippen LogP) is 1.24. The second kappa shape index (κ2) is 3.75. The van der Waals surface area contributed by atoms with E-state index in [9.17, 15) is 0 Å². The van der Waals surface area contributed by atoms with Gasteiger partial charge in [0, 0.05) is 12.6 Å². The van der Waals surface area contributed by atoms with Crippen LogP contribution in [0.3, 0.4) is 0 Å². The molecular formula is C10H19NO. The van der Waals surface area contributed by atoms with E-state index in [1.807, 2.05) is 0 Å². The van der Waals surface area contributed by atoms with E-state index >= 15 is 0 Å². The van der Waals surface area contributed by atoms with Gasteiger partial charge in [0.2, 0.25) is 0 Å². The van der Waals surface area contributed by atoms with E-state index in [-0.39, 0.29) is 0 Å². The smallest absolute Gasteiger partial charge is 0.0558 e. The highest BCUT2D eigenvalue weighted by Gasteiger charge is 2.34. The van der Waals surface area contributed by atoms with Gasteiger partial charge in [-0.15, -0.1) is 0 Å². The fourth-order valence-corrected chi connectivity index (χ4v) is 2.91. The second-order valence-corrected chi connectivity index (χ2v) is 4.16. The summed E-state index contributed by atoms with van der Waals surface area (Å²) in [5, 5.41) is 8.88. The normalized spacial score (nSPS) is 36.8. The molecule has 0 bridgehead atoms. The number of aliphatic hydroxyl groups is 1. The molecule has 2 rings (SSSR count). The van der Waals surface area contributed by atoms with Gasteiger partial charge in [-0.05, 0) is 31.7 Å². The van der Waals surface area contributed by atoms with Gasteiger partial charge in [0.25, 0.3) is 0 Å². The number of β-amino-alcohol motifs (C(OH)–C–C–N with tert-alkyl or cyclic N) is 1. The summed E-state index contributed by atoms with van der Waals surface area (Å²) in [5.74, 6) is 0.963. The lowest BCUT2D eigenvalue weighted by Crippen LogP contribution is -2.36. The van der Waals surface area contributed by atoms with Crippen molar-refractivity contribution in [2.75, 3.05) is 19.7 Å². The zero-order valence-corrected chi connectivity index (χ0v) is 7.71. The molecule has 1 heterocycles. The quantitative estimate of drug-likeness (QED) is 0.672. The standard InChI is InChI=1S/C10H19NO/c12-8-7-11-6-5-9-3-1-2-4-10(9)11/h9-10,12H,1-8H2/t9-,10-/m0/s1. The van der Waals surface area contributed by atoms with Gasteiger partial charge in [-0.3, -0.25) is 4.90 Å². The molecule has 0 aromatic heterocycles. The van der Waals surface area contributed by atoms with E-state index < -0.39 is 0 Å². The highest BCUT2D eigenvalue weighted by atomic mass is 16.3. The average molecular weight is 169 g/mol. The van der Waals surface area contributed by atoms with Crippen LogP contribution in [0.25, 0.3) is 0 Å². The first-order valence-electron chi connectivity index (χ1n) is 5.26. The summed E-state index contributed by atoms with van der Waals surface area (Å²) < 4.78 is 0. The van der Waals surface area contributed by atoms with Gasteiger partial charge < -0.3 is 5.11 Å². The second-order valence-electron chi connectivity index (χ2n) is 4.16. The van der Waals surface area contributed by atoms with E-state index in [4.69, 9.17) is 5.11 Å². The SMILES string of the molecule is OCCN1CC[C@@H]2CCCC[C@@H]21. The first-order chi connectivity index (χ1) is 5.92. The van der Waals surface area contributed by atoms with Gasteiger partial charge >= 0.3 is 0 Å². The molecule has 1 saturated heterocycles. The molecular weight excluding hydrogens is 150 g/mol. The summed E-state index contributed by atoms with van der Waals surface area (Å²) in [5.41, 5.74) is 0. The van der Waals surface area contributed by atoms with E-state index in [0.29, 0.717) is 6.61 Å². The third-order valence-corrected chi connectivity index (χ3v) is 3.51. The van der Waals surface area contributed by atoms with Gasteiger partial charge in [0.05, 0.1) is 6.61 Å². The lowest BCUT2D eigenvalue weighted by molar-refractivity contribution is 0.147. The van der Waals surface area contributed by atoms with Crippen LogP contribution in [0.1, 0.15) is 32.1 Å². The Morgan fingerprint density at radius 3 is 2.83 bits per heavy atom. The molecule has 0 amide bonds. The van der Waals surface area contributed by atoms with E-state index in [1.54, 1.807) is 0 Å². The van der Waals surface area contributed by atoms with Crippen LogP contribution in [0.5, 0.6) is 0 Å². The topological polar surface area (TPSA) is 23.5 Å². The first-order valence-corrected chi connectivity index (χ1v) is 5.26. The largest absolute Gasteiger partial charge is 0.395 e. The molecule has 2 heteroatoms. The molecule has 2 aliphatic rings. The summed E-state index contributed by atoms with van der Waals surface area (Å²) in [6.45, 7) is 2.47. The Kier molecular flexibility index (Phi) is 2.66. The van der Waals surface area contributed by atoms with Crippen molar-refractivity contribution in [3.8, 4) is 0 Å². The van der Waals surface area contributed by atoms with Crippen LogP contribution < -0.4 is 0 Å². The summed E-state index contributed by atoms with van der Waals surface area (Å²) in [6, 6.07) is 0.825. The van der Waals surface area contributed by atoms with Crippen molar-refractivity contribution < 1.29 is 5.11 Å². The Balaban J connectivity index is 1.92. The van der Waals surface area contributed by atoms with Crippen LogP contribution in [0, 0.1) is 5.92 Å². The minimum Gasteiger partial charge on any atom is -0.395 e. The third-order valence-electron chi connectivity index (χ3n) is 3.51. The van der Waals surface area contributed by atoms with E-state index in [1.165, 1.54) is 38.6 Å². The summed E-state index contributed by atoms with van der Waals surface area (Å²) >= 11 is 0. The summed E-state index contributed by atoms with van der Waals surface area (Å²) in [6.07, 6.45) is 7.04. The first kappa shape index (κ1) is 8.52. The van der Waals surface area contributed by atoms with Gasteiger partial charge in [-0.1, -0.05) is 12.8 Å². The van der Waals surface area contributed by atoms with Crippen LogP contribution in [0.2, 0.25) is 0 Å². The fourth-order valence-electron chi connectivity index (χ4n) is 2.91. The summed E-state index contributed by atoms with van der Waals surface area (Å²) in [7, 11) is 0. The molecule has 1 N–H and O–H groups in total.